The van der Waals surface area contributed by atoms with E-state index in [0.29, 0.717) is 0 Å². The number of anilines is 1. The van der Waals surface area contributed by atoms with Crippen LogP contribution in [0.25, 0.3) is 0 Å². The van der Waals surface area contributed by atoms with E-state index < -0.39 is 0 Å². The van der Waals surface area contributed by atoms with Crippen molar-refractivity contribution >= 4 is 5.69 Å². The lowest BCUT2D eigenvalue weighted by atomic mass is 10.0. The molecular weight excluding hydrogens is 232 g/mol. The molecule has 1 saturated carbocycles. The number of rotatable bonds is 5. The molecule has 1 atom stereocenters. The molecule has 2 nitrogen and oxygen atoms in total. The maximum atomic E-state index is 6.02. The Hall–Kier alpha value is -1.02. The van der Waals surface area contributed by atoms with E-state index in [2.05, 4.69) is 43.9 Å². The van der Waals surface area contributed by atoms with Crippen molar-refractivity contribution < 1.29 is 0 Å². The zero-order valence-electron chi connectivity index (χ0n) is 12.7. The Morgan fingerprint density at radius 3 is 2.58 bits per heavy atom. The third-order valence-corrected chi connectivity index (χ3v) is 4.19. The average Bonchev–Trinajstić information content (AvgIpc) is 2.85. The van der Waals surface area contributed by atoms with Crippen molar-refractivity contribution in [3.8, 4) is 0 Å². The van der Waals surface area contributed by atoms with Crippen molar-refractivity contribution in [1.82, 2.24) is 0 Å². The summed E-state index contributed by atoms with van der Waals surface area (Å²) >= 11 is 0. The number of aryl methyl sites for hydroxylation is 1. The second kappa shape index (κ2) is 6.42. The van der Waals surface area contributed by atoms with Crippen LogP contribution in [-0.2, 0) is 6.42 Å². The molecule has 2 rings (SSSR count). The highest BCUT2D eigenvalue weighted by molar-refractivity contribution is 5.56. The van der Waals surface area contributed by atoms with Gasteiger partial charge in [-0.15, -0.1) is 0 Å². The zero-order chi connectivity index (χ0) is 13.8. The van der Waals surface area contributed by atoms with E-state index in [0.717, 1.165) is 19.0 Å². The number of nitrogens with zero attached hydrogens (tertiary/aromatic N) is 1. The molecule has 1 aliphatic rings. The third kappa shape index (κ3) is 3.50. The molecule has 0 saturated heterocycles. The van der Waals surface area contributed by atoms with Crippen molar-refractivity contribution in [3.63, 3.8) is 0 Å². The molecule has 0 aromatic heterocycles. The van der Waals surface area contributed by atoms with Gasteiger partial charge in [-0.05, 0) is 51.7 Å². The Morgan fingerprint density at radius 2 is 2.00 bits per heavy atom. The molecule has 0 radical (unpaired) electrons. The fraction of sp³-hybridized carbons (Fsp3) is 0.647. The molecule has 0 bridgehead atoms. The van der Waals surface area contributed by atoms with E-state index in [1.54, 1.807) is 0 Å². The van der Waals surface area contributed by atoms with Gasteiger partial charge in [-0.3, -0.25) is 0 Å². The summed E-state index contributed by atoms with van der Waals surface area (Å²) in [5.41, 5.74) is 10.2. The van der Waals surface area contributed by atoms with E-state index >= 15 is 0 Å². The first-order valence-corrected chi connectivity index (χ1v) is 7.73. The normalized spacial score (nSPS) is 17.7. The Balaban J connectivity index is 2.29. The highest BCUT2D eigenvalue weighted by Crippen LogP contribution is 2.31. The SMILES string of the molecule is CCN(c1ccc(C)cc1CC(C)N)C1CCCC1. The van der Waals surface area contributed by atoms with E-state index in [9.17, 15) is 0 Å². The lowest BCUT2D eigenvalue weighted by Gasteiger charge is -2.32. The first kappa shape index (κ1) is 14.4. The summed E-state index contributed by atoms with van der Waals surface area (Å²) in [7, 11) is 0. The standard InChI is InChI=1S/C17H28N2/c1-4-19(16-7-5-6-8-16)17-10-9-13(2)11-15(17)12-14(3)18/h9-11,14,16H,4-8,12,18H2,1-3H3. The molecule has 1 aromatic carbocycles. The van der Waals surface area contributed by atoms with Gasteiger partial charge in [0.05, 0.1) is 0 Å². The second-order valence-electron chi connectivity index (χ2n) is 6.04. The third-order valence-electron chi connectivity index (χ3n) is 4.19. The Kier molecular flexibility index (Phi) is 4.87. The predicted molar refractivity (Wildman–Crippen MR) is 83.8 cm³/mol. The van der Waals surface area contributed by atoms with Crippen LogP contribution in [-0.4, -0.2) is 18.6 Å². The largest absolute Gasteiger partial charge is 0.369 e. The summed E-state index contributed by atoms with van der Waals surface area (Å²) in [6, 6.07) is 7.81. The molecule has 0 amide bonds. The molecule has 1 unspecified atom stereocenters. The molecule has 19 heavy (non-hydrogen) atoms. The molecule has 0 heterocycles. The summed E-state index contributed by atoms with van der Waals surface area (Å²) < 4.78 is 0. The van der Waals surface area contributed by atoms with Crippen molar-refractivity contribution in [2.45, 2.75) is 65.0 Å². The minimum absolute atomic E-state index is 0.225. The monoisotopic (exact) mass is 260 g/mol. The molecule has 0 spiro atoms. The van der Waals surface area contributed by atoms with Crippen molar-refractivity contribution in [3.05, 3.63) is 29.3 Å². The van der Waals surface area contributed by atoms with Gasteiger partial charge < -0.3 is 10.6 Å². The smallest absolute Gasteiger partial charge is 0.0401 e. The van der Waals surface area contributed by atoms with Crippen molar-refractivity contribution in [2.24, 2.45) is 5.73 Å². The van der Waals surface area contributed by atoms with Crippen LogP contribution in [0.4, 0.5) is 5.69 Å². The summed E-state index contributed by atoms with van der Waals surface area (Å²) in [6.07, 6.45) is 6.43. The van der Waals surface area contributed by atoms with Gasteiger partial charge >= 0.3 is 0 Å². The van der Waals surface area contributed by atoms with Crippen LogP contribution >= 0.6 is 0 Å². The Bertz CT molecular complexity index is 406. The Morgan fingerprint density at radius 1 is 1.32 bits per heavy atom. The fourth-order valence-corrected chi connectivity index (χ4v) is 3.35. The van der Waals surface area contributed by atoms with Crippen molar-refractivity contribution in [1.29, 1.82) is 0 Å². The van der Waals surface area contributed by atoms with Gasteiger partial charge in [-0.2, -0.15) is 0 Å². The lowest BCUT2D eigenvalue weighted by Crippen LogP contribution is -2.34. The van der Waals surface area contributed by atoms with Gasteiger partial charge in [0, 0.05) is 24.3 Å². The van der Waals surface area contributed by atoms with Gasteiger partial charge in [0.1, 0.15) is 0 Å². The highest BCUT2D eigenvalue weighted by atomic mass is 15.2. The fourth-order valence-electron chi connectivity index (χ4n) is 3.35. The zero-order valence-corrected chi connectivity index (χ0v) is 12.7. The maximum absolute atomic E-state index is 6.02. The quantitative estimate of drug-likeness (QED) is 0.875. The molecule has 1 aliphatic carbocycles. The summed E-state index contributed by atoms with van der Waals surface area (Å²) in [5.74, 6) is 0. The van der Waals surface area contributed by atoms with E-state index in [1.165, 1.54) is 42.5 Å². The summed E-state index contributed by atoms with van der Waals surface area (Å²) in [6.45, 7) is 7.63. The number of nitrogens with two attached hydrogens (primary N) is 1. The lowest BCUT2D eigenvalue weighted by molar-refractivity contribution is 0.614. The molecule has 1 fully saturated rings. The van der Waals surface area contributed by atoms with Gasteiger partial charge in [0.25, 0.3) is 0 Å². The van der Waals surface area contributed by atoms with Crippen LogP contribution in [0.3, 0.4) is 0 Å². The second-order valence-corrected chi connectivity index (χ2v) is 6.04. The first-order valence-electron chi connectivity index (χ1n) is 7.73. The molecule has 2 N–H and O–H groups in total. The van der Waals surface area contributed by atoms with Crippen LogP contribution in [0.2, 0.25) is 0 Å². The van der Waals surface area contributed by atoms with Gasteiger partial charge in [0.2, 0.25) is 0 Å². The van der Waals surface area contributed by atoms with Crippen LogP contribution in [0.15, 0.2) is 18.2 Å². The van der Waals surface area contributed by atoms with Gasteiger partial charge in [-0.25, -0.2) is 0 Å². The van der Waals surface area contributed by atoms with E-state index in [-0.39, 0.29) is 6.04 Å². The Labute approximate surface area is 118 Å². The molecular formula is C17H28N2. The number of hydrogen-bond donors (Lipinski definition) is 1. The van der Waals surface area contributed by atoms with E-state index in [4.69, 9.17) is 5.73 Å². The van der Waals surface area contributed by atoms with Crippen LogP contribution in [0, 0.1) is 6.92 Å². The maximum Gasteiger partial charge on any atom is 0.0401 e. The average molecular weight is 260 g/mol. The van der Waals surface area contributed by atoms with Crippen molar-refractivity contribution in [2.75, 3.05) is 11.4 Å². The predicted octanol–water partition coefficient (Wildman–Crippen LogP) is 3.65. The van der Waals surface area contributed by atoms with Crippen LogP contribution < -0.4 is 10.6 Å². The molecule has 0 aliphatic heterocycles. The minimum Gasteiger partial charge on any atom is -0.369 e. The first-order chi connectivity index (χ1) is 9.11. The molecule has 1 aromatic rings. The highest BCUT2D eigenvalue weighted by Gasteiger charge is 2.23. The summed E-state index contributed by atoms with van der Waals surface area (Å²) in [5, 5.41) is 0. The number of hydrogen-bond acceptors (Lipinski definition) is 2. The van der Waals surface area contributed by atoms with Gasteiger partial charge in [0.15, 0.2) is 0 Å². The molecule has 106 valence electrons. The minimum atomic E-state index is 0.225. The van der Waals surface area contributed by atoms with Crippen LogP contribution in [0.1, 0.15) is 50.7 Å². The van der Waals surface area contributed by atoms with Crippen LogP contribution in [0.5, 0.6) is 0 Å². The summed E-state index contributed by atoms with van der Waals surface area (Å²) in [4.78, 5) is 2.60. The van der Waals surface area contributed by atoms with Gasteiger partial charge in [-0.1, -0.05) is 30.5 Å². The topological polar surface area (TPSA) is 29.3 Å². The van der Waals surface area contributed by atoms with E-state index in [1.807, 2.05) is 0 Å². The molecule has 2 heteroatoms. The number of benzene rings is 1.